The zero-order valence-corrected chi connectivity index (χ0v) is 19.5. The van der Waals surface area contributed by atoms with E-state index in [-0.39, 0.29) is 29.4 Å². The maximum atomic E-state index is 13.6. The van der Waals surface area contributed by atoms with Gasteiger partial charge in [0.2, 0.25) is 0 Å². The lowest BCUT2D eigenvalue weighted by Gasteiger charge is -2.43. The van der Waals surface area contributed by atoms with E-state index >= 15 is 0 Å². The molecule has 0 bridgehead atoms. The first-order valence-electron chi connectivity index (χ1n) is 11.4. The molecular formula is C25H22F3N3O3S. The van der Waals surface area contributed by atoms with Crippen molar-refractivity contribution in [3.8, 4) is 11.8 Å². The number of nitrogens with zero attached hydrogens (tertiary/aromatic N) is 3. The molecule has 2 fully saturated rings. The summed E-state index contributed by atoms with van der Waals surface area (Å²) in [6.07, 6.45) is -0.878. The van der Waals surface area contributed by atoms with E-state index in [1.165, 1.54) is 6.07 Å². The average Bonchev–Trinajstić information content (AvgIpc) is 2.92. The minimum absolute atomic E-state index is 0.0102. The number of aliphatic hydroxyl groups is 1. The standard InChI is InChI=1S/C25H22F3N3O3S/c26-25(27,28)20-12-17(6-5-16(20)13-29)30-22(33)24(9-2-10-24)31(23(30)35)18-7-8-21-15(11-18)3-1-4-19(14-32)34-21/h5-8,11-12,19,32H,1-4,9-10,14H2. The molecule has 1 saturated carbocycles. The van der Waals surface area contributed by atoms with Crippen LogP contribution < -0.4 is 14.5 Å². The van der Waals surface area contributed by atoms with Crippen LogP contribution in [0.15, 0.2) is 36.4 Å². The second kappa shape index (κ2) is 8.50. The molecular weight excluding hydrogens is 479 g/mol. The molecule has 1 N–H and O–H groups in total. The maximum absolute atomic E-state index is 13.6. The van der Waals surface area contributed by atoms with Gasteiger partial charge in [0, 0.05) is 5.69 Å². The van der Waals surface area contributed by atoms with Crippen LogP contribution in [0, 0.1) is 11.3 Å². The Morgan fingerprint density at radius 1 is 1.17 bits per heavy atom. The quantitative estimate of drug-likeness (QED) is 0.614. The molecule has 2 aromatic carbocycles. The molecule has 1 saturated heterocycles. The molecule has 0 radical (unpaired) electrons. The zero-order chi connectivity index (χ0) is 25.0. The van der Waals surface area contributed by atoms with Gasteiger partial charge in [-0.3, -0.25) is 9.69 Å². The Kier molecular flexibility index (Phi) is 5.73. The maximum Gasteiger partial charge on any atom is 0.417 e. The normalized spacial score (nSPS) is 21.3. The van der Waals surface area contributed by atoms with Crippen LogP contribution >= 0.6 is 12.2 Å². The Morgan fingerprint density at radius 3 is 2.54 bits per heavy atom. The van der Waals surface area contributed by atoms with E-state index in [1.807, 2.05) is 6.07 Å². The van der Waals surface area contributed by atoms with E-state index in [1.54, 1.807) is 23.1 Å². The predicted octanol–water partition coefficient (Wildman–Crippen LogP) is 4.71. The molecule has 10 heteroatoms. The van der Waals surface area contributed by atoms with Crippen molar-refractivity contribution >= 4 is 34.6 Å². The molecule has 2 aromatic rings. The number of hydrogen-bond acceptors (Lipinski definition) is 5. The summed E-state index contributed by atoms with van der Waals surface area (Å²) in [6.45, 7) is -0.0749. The molecule has 1 unspecified atom stereocenters. The summed E-state index contributed by atoms with van der Waals surface area (Å²) in [7, 11) is 0. The number of thiocarbonyl (C=S) groups is 1. The van der Waals surface area contributed by atoms with Gasteiger partial charge in [0.25, 0.3) is 5.91 Å². The van der Waals surface area contributed by atoms with Crippen LogP contribution in [0.4, 0.5) is 24.5 Å². The van der Waals surface area contributed by atoms with Crippen LogP contribution in [0.3, 0.4) is 0 Å². The second-order valence-corrected chi connectivity index (χ2v) is 9.45. The van der Waals surface area contributed by atoms with Crippen molar-refractivity contribution < 1.29 is 27.8 Å². The van der Waals surface area contributed by atoms with Crippen molar-refractivity contribution in [3.05, 3.63) is 53.1 Å². The fourth-order valence-electron chi connectivity index (χ4n) is 5.11. The molecule has 3 aliphatic rings. The lowest BCUT2D eigenvalue weighted by molar-refractivity contribution is -0.137. The second-order valence-electron chi connectivity index (χ2n) is 9.09. The van der Waals surface area contributed by atoms with Crippen molar-refractivity contribution in [2.45, 2.75) is 56.3 Å². The average molecular weight is 502 g/mol. The number of aliphatic hydroxyl groups excluding tert-OH is 1. The number of rotatable bonds is 3. The zero-order valence-electron chi connectivity index (χ0n) is 18.6. The number of nitriles is 1. The number of anilines is 2. The van der Waals surface area contributed by atoms with E-state index in [2.05, 4.69) is 0 Å². The summed E-state index contributed by atoms with van der Waals surface area (Å²) in [6, 6.07) is 10.3. The Hall–Kier alpha value is -3.16. The summed E-state index contributed by atoms with van der Waals surface area (Å²) >= 11 is 5.69. The lowest BCUT2D eigenvalue weighted by Crippen LogP contribution is -2.55. The monoisotopic (exact) mass is 501 g/mol. The van der Waals surface area contributed by atoms with Crippen LogP contribution in [0.5, 0.6) is 5.75 Å². The number of halogens is 3. The van der Waals surface area contributed by atoms with Gasteiger partial charge in [-0.25, -0.2) is 0 Å². The van der Waals surface area contributed by atoms with Gasteiger partial charge < -0.3 is 14.7 Å². The lowest BCUT2D eigenvalue weighted by atomic mass is 9.75. The molecule has 1 amide bonds. The number of benzene rings is 2. The van der Waals surface area contributed by atoms with Crippen LogP contribution in [0.2, 0.25) is 0 Å². The Morgan fingerprint density at radius 2 is 1.91 bits per heavy atom. The summed E-state index contributed by atoms with van der Waals surface area (Å²) in [5.74, 6) is 0.307. The van der Waals surface area contributed by atoms with Crippen molar-refractivity contribution in [2.24, 2.45) is 0 Å². The number of ether oxygens (including phenoxy) is 1. The number of aryl methyl sites for hydroxylation is 1. The van der Waals surface area contributed by atoms with E-state index in [0.717, 1.165) is 48.3 Å². The molecule has 0 aromatic heterocycles. The molecule has 1 atom stereocenters. The molecule has 35 heavy (non-hydrogen) atoms. The van der Waals surface area contributed by atoms with Crippen molar-refractivity contribution in [1.82, 2.24) is 0 Å². The smallest absolute Gasteiger partial charge is 0.417 e. The first-order valence-corrected chi connectivity index (χ1v) is 11.8. The number of hydrogen-bond donors (Lipinski definition) is 1. The van der Waals surface area contributed by atoms with Crippen LogP contribution in [-0.2, 0) is 17.4 Å². The van der Waals surface area contributed by atoms with Crippen LogP contribution in [-0.4, -0.2) is 34.4 Å². The molecule has 182 valence electrons. The van der Waals surface area contributed by atoms with Gasteiger partial charge in [-0.15, -0.1) is 0 Å². The largest absolute Gasteiger partial charge is 0.488 e. The summed E-state index contributed by atoms with van der Waals surface area (Å²) in [5.41, 5.74) is -0.962. The van der Waals surface area contributed by atoms with Crippen molar-refractivity contribution in [3.63, 3.8) is 0 Å². The third kappa shape index (κ3) is 3.74. The number of carbonyl (C=O) groups excluding carboxylic acids is 1. The number of fused-ring (bicyclic) bond motifs is 1. The van der Waals surface area contributed by atoms with Crippen LogP contribution in [0.25, 0.3) is 0 Å². The van der Waals surface area contributed by atoms with E-state index in [0.29, 0.717) is 24.3 Å². The van der Waals surface area contributed by atoms with Gasteiger partial charge in [0.1, 0.15) is 17.4 Å². The van der Waals surface area contributed by atoms with Gasteiger partial charge >= 0.3 is 6.18 Å². The predicted molar refractivity (Wildman–Crippen MR) is 126 cm³/mol. The minimum Gasteiger partial charge on any atom is -0.488 e. The Labute approximate surface area is 205 Å². The first kappa shape index (κ1) is 23.6. The van der Waals surface area contributed by atoms with E-state index in [9.17, 15) is 23.1 Å². The Balaban J connectivity index is 1.56. The number of amides is 1. The molecule has 5 rings (SSSR count). The fraction of sp³-hybridized carbons (Fsp3) is 0.400. The van der Waals surface area contributed by atoms with Crippen molar-refractivity contribution in [1.29, 1.82) is 5.26 Å². The number of carbonyl (C=O) groups is 1. The number of alkyl halides is 3. The van der Waals surface area contributed by atoms with Gasteiger partial charge in [-0.1, -0.05) is 0 Å². The highest BCUT2D eigenvalue weighted by atomic mass is 32.1. The molecule has 6 nitrogen and oxygen atoms in total. The van der Waals surface area contributed by atoms with E-state index in [4.69, 9.17) is 22.2 Å². The third-order valence-corrected chi connectivity index (χ3v) is 7.42. The van der Waals surface area contributed by atoms with E-state index < -0.39 is 22.8 Å². The molecule has 1 spiro atoms. The minimum atomic E-state index is -4.75. The van der Waals surface area contributed by atoms with Crippen LogP contribution in [0.1, 0.15) is 48.8 Å². The fourth-order valence-corrected chi connectivity index (χ4v) is 5.58. The Bertz CT molecular complexity index is 1250. The SMILES string of the molecule is N#Cc1ccc(N2C(=O)C3(CCC3)N(c3ccc4c(c3)CCCC(CO)O4)C2=S)cc1C(F)(F)F. The highest BCUT2D eigenvalue weighted by Crippen LogP contribution is 2.49. The highest BCUT2D eigenvalue weighted by Gasteiger charge is 2.59. The summed E-state index contributed by atoms with van der Waals surface area (Å²) < 4.78 is 46.7. The summed E-state index contributed by atoms with van der Waals surface area (Å²) in [5, 5.41) is 18.7. The van der Waals surface area contributed by atoms with Crippen molar-refractivity contribution in [2.75, 3.05) is 16.4 Å². The molecule has 1 aliphatic carbocycles. The highest BCUT2D eigenvalue weighted by molar-refractivity contribution is 7.81. The first-order chi connectivity index (χ1) is 16.7. The summed E-state index contributed by atoms with van der Waals surface area (Å²) in [4.78, 5) is 16.6. The third-order valence-electron chi connectivity index (χ3n) is 7.05. The van der Waals surface area contributed by atoms with Gasteiger partial charge in [0.15, 0.2) is 5.11 Å². The topological polar surface area (TPSA) is 76.8 Å². The molecule has 2 heterocycles. The van der Waals surface area contributed by atoms with Gasteiger partial charge in [-0.2, -0.15) is 18.4 Å². The van der Waals surface area contributed by atoms with Gasteiger partial charge in [0.05, 0.1) is 29.5 Å². The molecule has 2 aliphatic heterocycles. The van der Waals surface area contributed by atoms with Gasteiger partial charge in [-0.05, 0) is 92.7 Å².